The van der Waals surface area contributed by atoms with E-state index in [1.165, 1.54) is 19.3 Å². The number of nitrogens with one attached hydrogen (secondary N) is 1. The van der Waals surface area contributed by atoms with E-state index in [0.717, 1.165) is 29.7 Å². The van der Waals surface area contributed by atoms with Crippen LogP contribution in [0.4, 0.5) is 11.6 Å². The number of nitrogens with zero attached hydrogens (tertiary/aromatic N) is 2. The number of aromatic nitrogens is 2. The summed E-state index contributed by atoms with van der Waals surface area (Å²) in [5.74, 6) is 3.22. The highest BCUT2D eigenvalue weighted by Crippen LogP contribution is 2.32. The number of nitrogen functional groups attached to an aromatic ring is 1. The number of anilines is 2. The van der Waals surface area contributed by atoms with Crippen molar-refractivity contribution in [1.29, 1.82) is 0 Å². The van der Waals surface area contributed by atoms with Crippen molar-refractivity contribution in [2.24, 2.45) is 5.92 Å². The summed E-state index contributed by atoms with van der Waals surface area (Å²) in [5.41, 5.74) is 6.85. The molecule has 0 amide bonds. The molecule has 0 aliphatic heterocycles. The van der Waals surface area contributed by atoms with Crippen LogP contribution in [0.3, 0.4) is 0 Å². The molecular formula is C14H24N4. The molecule has 1 aliphatic rings. The first kappa shape index (κ1) is 13.1. The Bertz CT molecular complexity index is 430. The molecule has 3 N–H and O–H groups in total. The highest BCUT2D eigenvalue weighted by Gasteiger charge is 2.22. The van der Waals surface area contributed by atoms with Gasteiger partial charge in [-0.25, -0.2) is 9.97 Å². The average molecular weight is 248 g/mol. The lowest BCUT2D eigenvalue weighted by atomic mass is 9.95. The van der Waals surface area contributed by atoms with Crippen molar-refractivity contribution in [3.8, 4) is 0 Å². The van der Waals surface area contributed by atoms with Gasteiger partial charge in [0.15, 0.2) is 0 Å². The molecule has 100 valence electrons. The van der Waals surface area contributed by atoms with E-state index >= 15 is 0 Å². The van der Waals surface area contributed by atoms with E-state index in [9.17, 15) is 0 Å². The van der Waals surface area contributed by atoms with Gasteiger partial charge in [0, 0.05) is 17.5 Å². The molecule has 4 nitrogen and oxygen atoms in total. The molecule has 1 saturated carbocycles. The van der Waals surface area contributed by atoms with Crippen molar-refractivity contribution in [1.82, 2.24) is 9.97 Å². The lowest BCUT2D eigenvalue weighted by Gasteiger charge is -2.19. The molecule has 0 atom stereocenters. The molecule has 4 heteroatoms. The SMILES string of the molecule is Cc1c(N)nc(C(C)(C)C)nc1NCCC1CC1. The zero-order valence-corrected chi connectivity index (χ0v) is 11.9. The van der Waals surface area contributed by atoms with Crippen LogP contribution in [0.5, 0.6) is 0 Å². The number of hydrogen-bond donors (Lipinski definition) is 2. The summed E-state index contributed by atoms with van der Waals surface area (Å²) in [5, 5.41) is 3.41. The monoisotopic (exact) mass is 248 g/mol. The normalized spacial score (nSPS) is 15.8. The summed E-state index contributed by atoms with van der Waals surface area (Å²) in [6, 6.07) is 0. The van der Waals surface area contributed by atoms with Gasteiger partial charge in [-0.05, 0) is 19.3 Å². The van der Waals surface area contributed by atoms with E-state index in [1.807, 2.05) is 6.92 Å². The zero-order valence-electron chi connectivity index (χ0n) is 11.9. The first-order chi connectivity index (χ1) is 8.38. The van der Waals surface area contributed by atoms with Crippen molar-refractivity contribution in [2.75, 3.05) is 17.6 Å². The van der Waals surface area contributed by atoms with Gasteiger partial charge in [-0.1, -0.05) is 33.6 Å². The van der Waals surface area contributed by atoms with Gasteiger partial charge < -0.3 is 11.1 Å². The Labute approximate surface area is 109 Å². The van der Waals surface area contributed by atoms with Crippen LogP contribution >= 0.6 is 0 Å². The van der Waals surface area contributed by atoms with Crippen molar-refractivity contribution in [3.63, 3.8) is 0 Å². The summed E-state index contributed by atoms with van der Waals surface area (Å²) >= 11 is 0. The van der Waals surface area contributed by atoms with Crippen LogP contribution in [0, 0.1) is 12.8 Å². The van der Waals surface area contributed by atoms with Crippen LogP contribution < -0.4 is 11.1 Å². The van der Waals surface area contributed by atoms with E-state index in [2.05, 4.69) is 36.1 Å². The topological polar surface area (TPSA) is 63.8 Å². The van der Waals surface area contributed by atoms with E-state index < -0.39 is 0 Å². The highest BCUT2D eigenvalue weighted by atomic mass is 15.1. The first-order valence-corrected chi connectivity index (χ1v) is 6.76. The van der Waals surface area contributed by atoms with Crippen molar-refractivity contribution in [2.45, 2.75) is 52.4 Å². The van der Waals surface area contributed by atoms with Gasteiger partial charge in [-0.3, -0.25) is 0 Å². The highest BCUT2D eigenvalue weighted by molar-refractivity contribution is 5.55. The molecule has 18 heavy (non-hydrogen) atoms. The summed E-state index contributed by atoms with van der Waals surface area (Å²) < 4.78 is 0. The smallest absolute Gasteiger partial charge is 0.138 e. The standard InChI is InChI=1S/C14H24N4/c1-9-11(15)17-13(14(2,3)4)18-12(9)16-8-7-10-5-6-10/h10H,5-8H2,1-4H3,(H3,15,16,17,18). The van der Waals surface area contributed by atoms with Gasteiger partial charge in [0.2, 0.25) is 0 Å². The molecule has 0 unspecified atom stereocenters. The molecule has 0 radical (unpaired) electrons. The van der Waals surface area contributed by atoms with E-state index in [0.29, 0.717) is 5.82 Å². The molecule has 0 aromatic carbocycles. The van der Waals surface area contributed by atoms with Crippen LogP contribution in [-0.4, -0.2) is 16.5 Å². The Morgan fingerprint density at radius 1 is 1.28 bits per heavy atom. The minimum absolute atomic E-state index is 0.0747. The second-order valence-electron chi connectivity index (χ2n) is 6.31. The lowest BCUT2D eigenvalue weighted by molar-refractivity contribution is 0.546. The molecule has 0 spiro atoms. The molecule has 0 bridgehead atoms. The van der Waals surface area contributed by atoms with Gasteiger partial charge in [0.05, 0.1) is 0 Å². The maximum atomic E-state index is 5.97. The van der Waals surface area contributed by atoms with Crippen LogP contribution in [0.25, 0.3) is 0 Å². The minimum atomic E-state index is -0.0747. The van der Waals surface area contributed by atoms with Crippen LogP contribution in [0.1, 0.15) is 51.4 Å². The Kier molecular flexibility index (Phi) is 3.46. The second kappa shape index (κ2) is 4.75. The third-order valence-electron chi connectivity index (χ3n) is 3.40. The number of hydrogen-bond acceptors (Lipinski definition) is 4. The third-order valence-corrected chi connectivity index (χ3v) is 3.40. The summed E-state index contributed by atoms with van der Waals surface area (Å²) in [4.78, 5) is 9.01. The largest absolute Gasteiger partial charge is 0.383 e. The Hall–Kier alpha value is -1.32. The number of nitrogens with two attached hydrogens (primary N) is 1. The molecule has 1 aromatic heterocycles. The predicted octanol–water partition coefficient (Wildman–Crippen LogP) is 2.88. The lowest BCUT2D eigenvalue weighted by Crippen LogP contribution is -2.19. The van der Waals surface area contributed by atoms with Crippen molar-refractivity contribution < 1.29 is 0 Å². The number of rotatable bonds is 4. The summed E-state index contributed by atoms with van der Waals surface area (Å²) in [6.45, 7) is 9.26. The van der Waals surface area contributed by atoms with Crippen molar-refractivity contribution >= 4 is 11.6 Å². The van der Waals surface area contributed by atoms with Gasteiger partial charge in [-0.2, -0.15) is 0 Å². The van der Waals surface area contributed by atoms with Gasteiger partial charge in [0.25, 0.3) is 0 Å². The van der Waals surface area contributed by atoms with E-state index in [1.54, 1.807) is 0 Å². The minimum Gasteiger partial charge on any atom is -0.383 e. The molecule has 1 heterocycles. The maximum Gasteiger partial charge on any atom is 0.138 e. The average Bonchev–Trinajstić information content (AvgIpc) is 3.06. The fraction of sp³-hybridized carbons (Fsp3) is 0.714. The fourth-order valence-electron chi connectivity index (χ4n) is 1.84. The Balaban J connectivity index is 2.13. The van der Waals surface area contributed by atoms with Crippen molar-refractivity contribution in [3.05, 3.63) is 11.4 Å². The molecule has 1 fully saturated rings. The Morgan fingerprint density at radius 3 is 2.50 bits per heavy atom. The fourth-order valence-corrected chi connectivity index (χ4v) is 1.84. The zero-order chi connectivity index (χ0) is 13.3. The first-order valence-electron chi connectivity index (χ1n) is 6.76. The third kappa shape index (κ3) is 3.12. The summed E-state index contributed by atoms with van der Waals surface area (Å²) in [7, 11) is 0. The van der Waals surface area contributed by atoms with Crippen LogP contribution in [0.15, 0.2) is 0 Å². The van der Waals surface area contributed by atoms with Gasteiger partial charge in [0.1, 0.15) is 17.5 Å². The van der Waals surface area contributed by atoms with Crippen LogP contribution in [0.2, 0.25) is 0 Å². The second-order valence-corrected chi connectivity index (χ2v) is 6.31. The summed E-state index contributed by atoms with van der Waals surface area (Å²) in [6.07, 6.45) is 4.01. The molecule has 1 aliphatic carbocycles. The van der Waals surface area contributed by atoms with Gasteiger partial charge in [-0.15, -0.1) is 0 Å². The van der Waals surface area contributed by atoms with E-state index in [4.69, 9.17) is 5.73 Å². The Morgan fingerprint density at radius 2 is 1.94 bits per heavy atom. The molecular weight excluding hydrogens is 224 g/mol. The molecule has 0 saturated heterocycles. The predicted molar refractivity (Wildman–Crippen MR) is 75.7 cm³/mol. The maximum absolute atomic E-state index is 5.97. The van der Waals surface area contributed by atoms with Gasteiger partial charge >= 0.3 is 0 Å². The van der Waals surface area contributed by atoms with Crippen LogP contribution in [-0.2, 0) is 5.41 Å². The van der Waals surface area contributed by atoms with E-state index in [-0.39, 0.29) is 5.41 Å². The molecule has 1 aromatic rings. The molecule has 2 rings (SSSR count). The quantitative estimate of drug-likeness (QED) is 0.860.